The number of carbonyl (C=O) groups excluding carboxylic acids is 5. The van der Waals surface area contributed by atoms with Gasteiger partial charge in [0, 0.05) is 116 Å². The second kappa shape index (κ2) is 38.8. The molecule has 4 heterocycles. The fourth-order valence-electron chi connectivity index (χ4n) is 6.22. The van der Waals surface area contributed by atoms with E-state index in [1.54, 1.807) is 96.7 Å². The Hall–Kier alpha value is -7.96. The first kappa shape index (κ1) is 107. The maximum absolute atomic E-state index is 13.5. The number of pyridine rings is 1. The van der Waals surface area contributed by atoms with Crippen LogP contribution in [0.5, 0.6) is 0 Å². The Morgan fingerprint density at radius 2 is 0.633 bits per heavy atom. The molecule has 0 unspecified atom stereocenters. The third kappa shape index (κ3) is 31.4. The molecule has 0 amide bonds. The van der Waals surface area contributed by atoms with Gasteiger partial charge >= 0.3 is 90.2 Å². The van der Waals surface area contributed by atoms with E-state index in [4.69, 9.17) is 23.2 Å². The van der Waals surface area contributed by atoms with Gasteiger partial charge in [-0.1, -0.05) is 6.07 Å². The first-order valence-corrected chi connectivity index (χ1v) is 27.5. The van der Waals surface area contributed by atoms with Crippen molar-refractivity contribution < 1.29 is 256 Å². The molecule has 21 nitrogen and oxygen atoms in total. The van der Waals surface area contributed by atoms with Crippen molar-refractivity contribution in [1.82, 2.24) is 14.8 Å². The summed E-state index contributed by atoms with van der Waals surface area (Å²) < 4.78 is 343. The first-order valence-electron chi connectivity index (χ1n) is 26.4. The average Bonchev–Trinajstić information content (AvgIpc) is 1.57. The van der Waals surface area contributed by atoms with Gasteiger partial charge in [-0.15, -0.1) is 32.7 Å². The standard InChI is InChI=1S/C28H33N7O4.5C5H2F6O2.CH2Cl2.Co.Tb/c1-25(2)26(3,4)33(37)23(32(25)36)18-15-19(24-34(38)27(5,6)28(7,8)35(24)39)17-20(16-18)31-14-12-22(30-31)21-11-9-10-13-29-21;5*6-4(7,8)2(12)1-3(13)5(9,10)11;2-1-3;;/h9-17H,1-8H3;5*1,12H;1H2;;/q+2;;;;;;;+2;/p-5/b;5*2-1-;;;. The number of alkyl halides is 32. The predicted molar refractivity (Wildman–Crippen MR) is 288 cm³/mol. The molecular weight excluding hydrogens is 1830 g/mol. The number of hydrogen-bond acceptors (Lipinski definition) is 16. The van der Waals surface area contributed by atoms with Gasteiger partial charge in [-0.3, -0.25) is 29.0 Å². The molecule has 0 saturated carbocycles. The van der Waals surface area contributed by atoms with Crippen LogP contribution in [0.2, 0.25) is 0 Å². The molecular formula is C54H40Cl2CoF30N7O14Tb-. The number of nitrogens with zero attached hydrogens (tertiary/aromatic N) is 7. The summed E-state index contributed by atoms with van der Waals surface area (Å²) in [6.45, 7) is 13.7. The van der Waals surface area contributed by atoms with Gasteiger partial charge in [0.15, 0.2) is 0 Å². The van der Waals surface area contributed by atoms with Crippen LogP contribution in [-0.4, -0.2) is 164 Å². The minimum Gasteiger partial charge on any atom is -0.869 e. The maximum atomic E-state index is 13.5. The van der Waals surface area contributed by atoms with Crippen molar-refractivity contribution in [2.75, 3.05) is 5.34 Å². The van der Waals surface area contributed by atoms with Crippen LogP contribution in [0.15, 0.2) is 114 Å². The number of hydrogen-bond donors (Lipinski definition) is 0. The Kier molecular flexibility index (Phi) is 38.2. The average molecular weight is 1870 g/mol. The van der Waals surface area contributed by atoms with Gasteiger partial charge in [-0.2, -0.15) is 137 Å². The van der Waals surface area contributed by atoms with Gasteiger partial charge in [-0.05, 0) is 95.6 Å². The van der Waals surface area contributed by atoms with Crippen molar-refractivity contribution in [1.29, 1.82) is 0 Å². The van der Waals surface area contributed by atoms with E-state index in [-0.39, 0.29) is 83.5 Å². The molecule has 2 aliphatic rings. The summed E-state index contributed by atoms with van der Waals surface area (Å²) in [5.41, 5.74) is -1.87. The minimum atomic E-state index is -5.46. The summed E-state index contributed by atoms with van der Waals surface area (Å²) in [4.78, 5) is 80.5. The van der Waals surface area contributed by atoms with Gasteiger partial charge in [0.05, 0.1) is 16.7 Å². The molecule has 2 radical (unpaired) electrons. The molecule has 0 bridgehead atoms. The number of nitroso groups, excluding NO2 is 2. The van der Waals surface area contributed by atoms with Crippen LogP contribution < -0.4 is 25.5 Å². The number of amidine groups is 2. The number of allylic oxidation sites excluding steroid dienone is 10. The quantitative estimate of drug-likeness (QED) is 0.0480. The molecule has 109 heavy (non-hydrogen) atoms. The molecule has 0 aliphatic carbocycles. The van der Waals surface area contributed by atoms with Crippen molar-refractivity contribution in [3.05, 3.63) is 145 Å². The number of carbonyl (C=O) groups is 5. The Balaban J connectivity index is -0.000000661. The molecule has 55 heteroatoms. The molecule has 2 aromatic heterocycles. The van der Waals surface area contributed by atoms with E-state index in [1.807, 2.05) is 18.2 Å². The summed E-state index contributed by atoms with van der Waals surface area (Å²) in [5, 5.41) is 81.0. The van der Waals surface area contributed by atoms with Crippen LogP contribution in [0.3, 0.4) is 0 Å². The zero-order chi connectivity index (χ0) is 85.7. The van der Waals surface area contributed by atoms with Crippen LogP contribution >= 0.6 is 23.2 Å². The SMILES string of the molecule is CC1(C)[N+](=O)C(c2cc(C3=[N+]([O-])C(C)(C)C(C)(C)[N+]3=O)cc(-n3ccc(-c4ccccn4)n3)c2)=[N+]([O-])C1(C)C.ClCCl.O=C(/C=C(\[O-])C(F)(F)F)C(F)(F)F.O=C(/C=C(\[O-])C(F)(F)F)C(F)(F)F.O=C(/C=C(\[O-])C(F)(F)F)C(F)(F)F.O=C(/C=C(\[O-])C(F)(F)F)C(F)(F)F.O=C(/C=C(\[O-])C(F)(F)F)C(F)(F)F.[Co+2].[Tb]. The Morgan fingerprint density at radius 3 is 0.807 bits per heavy atom. The molecule has 2 aliphatic heterocycles. The molecule has 0 fully saturated rings. The van der Waals surface area contributed by atoms with Crippen molar-refractivity contribution in [3.63, 3.8) is 0 Å². The normalized spacial score (nSPS) is 16.4. The zero-order valence-corrected chi connectivity index (χ0v) is 58.6. The largest absolute Gasteiger partial charge is 2.00 e. The van der Waals surface area contributed by atoms with Crippen molar-refractivity contribution in [2.24, 2.45) is 0 Å². The predicted octanol–water partition coefficient (Wildman–Crippen LogP) is 10.2. The molecule has 1 aromatic carbocycles. The van der Waals surface area contributed by atoms with Gasteiger partial charge in [-0.25, -0.2) is 4.68 Å². The van der Waals surface area contributed by atoms with Gasteiger partial charge in [0.2, 0.25) is 11.1 Å². The Labute approximate surface area is 638 Å². The molecule has 0 atom stereocenters. The first-order chi connectivity index (χ1) is 47.2. The summed E-state index contributed by atoms with van der Waals surface area (Å²) in [6.07, 6.45) is -56.3. The van der Waals surface area contributed by atoms with E-state index < -0.39 is 172 Å². The number of ketones is 5. The summed E-state index contributed by atoms with van der Waals surface area (Å²) in [5.74, 6) is -28.4. The smallest absolute Gasteiger partial charge is 0.869 e. The van der Waals surface area contributed by atoms with Crippen molar-refractivity contribution in [3.8, 4) is 17.1 Å². The third-order valence-electron chi connectivity index (χ3n) is 13.1. The van der Waals surface area contributed by atoms with Gasteiger partial charge in [0.25, 0.3) is 40.0 Å². The van der Waals surface area contributed by atoms with Crippen LogP contribution in [0.4, 0.5) is 132 Å². The molecule has 0 saturated heterocycles. The summed E-state index contributed by atoms with van der Waals surface area (Å²) >= 11 is 9.53. The van der Waals surface area contributed by atoms with E-state index in [9.17, 15) is 201 Å². The maximum Gasteiger partial charge on any atom is 2.00 e. The minimum absolute atomic E-state index is 0. The van der Waals surface area contributed by atoms with E-state index in [0.29, 0.717) is 36.1 Å². The van der Waals surface area contributed by atoms with E-state index in [1.165, 1.54) is 0 Å². The summed E-state index contributed by atoms with van der Waals surface area (Å²) in [7, 11) is 0. The summed E-state index contributed by atoms with van der Waals surface area (Å²) in [6, 6.07) is 12.2. The van der Waals surface area contributed by atoms with E-state index >= 15 is 0 Å². The van der Waals surface area contributed by atoms with Crippen LogP contribution in [0.25, 0.3) is 17.1 Å². The third-order valence-corrected chi connectivity index (χ3v) is 13.1. The number of rotatable bonds is 9. The Bertz CT molecular complexity index is 3590. The Morgan fingerprint density at radius 1 is 0.404 bits per heavy atom. The fraction of sp³-hybridized carbons (Fsp3) is 0.426. The van der Waals surface area contributed by atoms with Crippen LogP contribution in [0.1, 0.15) is 66.5 Å². The number of aromatic nitrogens is 3. The molecule has 0 N–H and O–H groups in total. The number of hydroxylamine groups is 2. The van der Waals surface area contributed by atoms with Crippen molar-refractivity contribution in [2.45, 2.75) is 139 Å². The number of benzene rings is 1. The monoisotopic (exact) mass is 1870 g/mol. The molecule has 0 spiro atoms. The number of halogens is 32. The van der Waals surface area contributed by atoms with Gasteiger partial charge in [0.1, 0.15) is 26.3 Å². The van der Waals surface area contributed by atoms with Gasteiger partial charge < -0.3 is 35.9 Å². The van der Waals surface area contributed by atoms with Crippen LogP contribution in [-0.2, 0) is 40.8 Å². The topological polar surface area (TPSA) is 324 Å². The second-order valence-electron chi connectivity index (χ2n) is 21.6. The van der Waals surface area contributed by atoms with E-state index in [0.717, 1.165) is 0 Å². The van der Waals surface area contributed by atoms with Crippen LogP contribution in [0, 0.1) is 58.8 Å². The molecule has 618 valence electrons. The second-order valence-corrected chi connectivity index (χ2v) is 22.4. The van der Waals surface area contributed by atoms with Crippen molar-refractivity contribution >= 4 is 63.8 Å². The van der Waals surface area contributed by atoms with E-state index in [2.05, 4.69) is 10.1 Å². The molecule has 5 rings (SSSR count). The zero-order valence-electron chi connectivity index (χ0n) is 53.9. The fourth-order valence-corrected chi connectivity index (χ4v) is 6.22. The molecule has 3 aromatic rings.